The summed E-state index contributed by atoms with van der Waals surface area (Å²) in [5, 5.41) is 12.5. The van der Waals surface area contributed by atoms with Gasteiger partial charge < -0.3 is 10.4 Å². The van der Waals surface area contributed by atoms with Crippen LogP contribution in [0.3, 0.4) is 0 Å². The molecule has 0 aliphatic heterocycles. The van der Waals surface area contributed by atoms with E-state index in [1.54, 1.807) is 0 Å². The lowest BCUT2D eigenvalue weighted by Gasteiger charge is -2.14. The van der Waals surface area contributed by atoms with Crippen molar-refractivity contribution >= 4 is 5.91 Å². The maximum Gasteiger partial charge on any atom is 0.220 e. The highest BCUT2D eigenvalue weighted by molar-refractivity contribution is 5.75. The number of rotatable bonds is 7. The van der Waals surface area contributed by atoms with E-state index in [0.717, 1.165) is 18.8 Å². The maximum atomic E-state index is 11.6. The third-order valence-electron chi connectivity index (χ3n) is 3.53. The summed E-state index contributed by atoms with van der Waals surface area (Å²) >= 11 is 0. The second kappa shape index (κ2) is 7.70. The number of carbonyl (C=O) groups excluding carboxylic acids is 1. The first-order chi connectivity index (χ1) is 8.08. The average molecular weight is 241 g/mol. The van der Waals surface area contributed by atoms with Gasteiger partial charge in [0.15, 0.2) is 0 Å². The average Bonchev–Trinajstić information content (AvgIpc) is 2.75. The Kier molecular flexibility index (Phi) is 6.56. The molecular formula is C14H27NO2. The van der Waals surface area contributed by atoms with Crippen molar-refractivity contribution in [2.24, 2.45) is 11.8 Å². The molecule has 1 saturated carbocycles. The van der Waals surface area contributed by atoms with E-state index in [2.05, 4.69) is 19.2 Å². The minimum atomic E-state index is -0.398. The third kappa shape index (κ3) is 6.67. The first kappa shape index (κ1) is 14.5. The number of nitrogens with one attached hydrogen (secondary N) is 1. The first-order valence-corrected chi connectivity index (χ1v) is 7.02. The lowest BCUT2D eigenvalue weighted by molar-refractivity contribution is -0.121. The summed E-state index contributed by atoms with van der Waals surface area (Å²) in [5.74, 6) is 1.33. The van der Waals surface area contributed by atoms with Crippen LogP contribution < -0.4 is 5.32 Å². The van der Waals surface area contributed by atoms with Gasteiger partial charge in [-0.1, -0.05) is 39.5 Å². The summed E-state index contributed by atoms with van der Waals surface area (Å²) in [7, 11) is 0. The summed E-state index contributed by atoms with van der Waals surface area (Å²) in [6.07, 6.45) is 7.25. The van der Waals surface area contributed by atoms with Crippen LogP contribution in [0, 0.1) is 11.8 Å². The Labute approximate surface area is 105 Å². The van der Waals surface area contributed by atoms with E-state index in [-0.39, 0.29) is 5.91 Å². The molecule has 1 fully saturated rings. The number of aliphatic hydroxyl groups excluding tert-OH is 1. The van der Waals surface area contributed by atoms with Crippen molar-refractivity contribution in [3.63, 3.8) is 0 Å². The Bertz CT molecular complexity index is 222. The van der Waals surface area contributed by atoms with Crippen LogP contribution in [0.5, 0.6) is 0 Å². The summed E-state index contributed by atoms with van der Waals surface area (Å²) in [6, 6.07) is 0. The molecule has 1 aliphatic carbocycles. The van der Waals surface area contributed by atoms with Gasteiger partial charge in [0, 0.05) is 13.0 Å². The topological polar surface area (TPSA) is 49.3 Å². The fraction of sp³-hybridized carbons (Fsp3) is 0.929. The van der Waals surface area contributed by atoms with Crippen LogP contribution >= 0.6 is 0 Å². The predicted molar refractivity (Wildman–Crippen MR) is 69.7 cm³/mol. The first-order valence-electron chi connectivity index (χ1n) is 7.02. The number of aliphatic hydroxyl groups is 1. The summed E-state index contributed by atoms with van der Waals surface area (Å²) in [6.45, 7) is 4.55. The van der Waals surface area contributed by atoms with Crippen molar-refractivity contribution in [3.05, 3.63) is 0 Å². The molecule has 0 aromatic heterocycles. The standard InChI is InChI=1S/C14H27NO2/c1-11(2)9-13(16)10-15-14(17)8-7-12-5-3-4-6-12/h11-13,16H,3-10H2,1-2H3,(H,15,17). The van der Waals surface area contributed by atoms with Crippen molar-refractivity contribution in [1.82, 2.24) is 5.32 Å². The second-order valence-electron chi connectivity index (χ2n) is 5.78. The van der Waals surface area contributed by atoms with Gasteiger partial charge in [-0.3, -0.25) is 4.79 Å². The quantitative estimate of drug-likeness (QED) is 0.719. The molecule has 0 radical (unpaired) electrons. The Morgan fingerprint density at radius 2 is 2.00 bits per heavy atom. The highest BCUT2D eigenvalue weighted by atomic mass is 16.3. The lowest BCUT2D eigenvalue weighted by Crippen LogP contribution is -2.32. The Morgan fingerprint density at radius 1 is 1.35 bits per heavy atom. The molecule has 0 saturated heterocycles. The molecule has 100 valence electrons. The van der Waals surface area contributed by atoms with Gasteiger partial charge in [-0.2, -0.15) is 0 Å². The molecule has 0 aromatic carbocycles. The molecule has 1 aliphatic rings. The van der Waals surface area contributed by atoms with Gasteiger partial charge in [-0.15, -0.1) is 0 Å². The third-order valence-corrected chi connectivity index (χ3v) is 3.53. The highest BCUT2D eigenvalue weighted by Crippen LogP contribution is 2.28. The van der Waals surface area contributed by atoms with Gasteiger partial charge in [-0.05, 0) is 24.7 Å². The Morgan fingerprint density at radius 3 is 2.59 bits per heavy atom. The van der Waals surface area contributed by atoms with E-state index in [4.69, 9.17) is 0 Å². The van der Waals surface area contributed by atoms with Gasteiger partial charge in [0.2, 0.25) is 5.91 Å². The summed E-state index contributed by atoms with van der Waals surface area (Å²) in [4.78, 5) is 11.6. The monoisotopic (exact) mass is 241 g/mol. The van der Waals surface area contributed by atoms with E-state index < -0.39 is 6.10 Å². The van der Waals surface area contributed by atoms with Crippen molar-refractivity contribution in [2.45, 2.75) is 64.9 Å². The maximum absolute atomic E-state index is 11.6. The normalized spacial score (nSPS) is 18.6. The van der Waals surface area contributed by atoms with Crippen LogP contribution in [-0.4, -0.2) is 23.7 Å². The number of amides is 1. The summed E-state index contributed by atoms with van der Waals surface area (Å²) in [5.41, 5.74) is 0. The van der Waals surface area contributed by atoms with E-state index in [0.29, 0.717) is 18.9 Å². The predicted octanol–water partition coefficient (Wildman–Crippen LogP) is 2.48. The molecule has 0 aromatic rings. The molecule has 0 heterocycles. The van der Waals surface area contributed by atoms with Crippen LogP contribution in [-0.2, 0) is 4.79 Å². The zero-order valence-corrected chi connectivity index (χ0v) is 11.2. The molecule has 3 nitrogen and oxygen atoms in total. The van der Waals surface area contributed by atoms with Crippen molar-refractivity contribution in [3.8, 4) is 0 Å². The van der Waals surface area contributed by atoms with Crippen LogP contribution in [0.25, 0.3) is 0 Å². The molecule has 0 spiro atoms. The van der Waals surface area contributed by atoms with Crippen LogP contribution in [0.4, 0.5) is 0 Å². The minimum absolute atomic E-state index is 0.0970. The zero-order chi connectivity index (χ0) is 12.7. The molecule has 17 heavy (non-hydrogen) atoms. The SMILES string of the molecule is CC(C)CC(O)CNC(=O)CCC1CCCC1. The molecule has 2 N–H and O–H groups in total. The van der Waals surface area contributed by atoms with E-state index >= 15 is 0 Å². The molecule has 3 heteroatoms. The fourth-order valence-corrected chi connectivity index (χ4v) is 2.58. The lowest BCUT2D eigenvalue weighted by atomic mass is 10.0. The number of hydrogen-bond acceptors (Lipinski definition) is 2. The van der Waals surface area contributed by atoms with Gasteiger partial charge in [0.05, 0.1) is 6.10 Å². The Balaban J connectivity index is 2.04. The fourth-order valence-electron chi connectivity index (χ4n) is 2.58. The Hall–Kier alpha value is -0.570. The highest BCUT2D eigenvalue weighted by Gasteiger charge is 2.16. The molecule has 1 unspecified atom stereocenters. The van der Waals surface area contributed by atoms with Crippen molar-refractivity contribution in [1.29, 1.82) is 0 Å². The molecular weight excluding hydrogens is 214 g/mol. The molecule has 0 bridgehead atoms. The number of hydrogen-bond donors (Lipinski definition) is 2. The van der Waals surface area contributed by atoms with Crippen molar-refractivity contribution in [2.75, 3.05) is 6.54 Å². The van der Waals surface area contributed by atoms with Crippen LogP contribution in [0.1, 0.15) is 58.8 Å². The van der Waals surface area contributed by atoms with Crippen molar-refractivity contribution < 1.29 is 9.90 Å². The molecule has 1 rings (SSSR count). The van der Waals surface area contributed by atoms with Gasteiger partial charge in [0.1, 0.15) is 0 Å². The smallest absolute Gasteiger partial charge is 0.220 e. The van der Waals surface area contributed by atoms with Crippen LogP contribution in [0.15, 0.2) is 0 Å². The number of carbonyl (C=O) groups is 1. The summed E-state index contributed by atoms with van der Waals surface area (Å²) < 4.78 is 0. The largest absolute Gasteiger partial charge is 0.391 e. The molecule has 1 atom stereocenters. The van der Waals surface area contributed by atoms with Gasteiger partial charge in [-0.25, -0.2) is 0 Å². The zero-order valence-electron chi connectivity index (χ0n) is 11.2. The van der Waals surface area contributed by atoms with E-state index in [1.165, 1.54) is 25.7 Å². The molecule has 1 amide bonds. The van der Waals surface area contributed by atoms with E-state index in [9.17, 15) is 9.90 Å². The second-order valence-corrected chi connectivity index (χ2v) is 5.78. The minimum Gasteiger partial charge on any atom is -0.391 e. The van der Waals surface area contributed by atoms with Gasteiger partial charge >= 0.3 is 0 Å². The van der Waals surface area contributed by atoms with Crippen LogP contribution in [0.2, 0.25) is 0 Å². The van der Waals surface area contributed by atoms with Gasteiger partial charge in [0.25, 0.3) is 0 Å². The van der Waals surface area contributed by atoms with E-state index in [1.807, 2.05) is 0 Å².